The first-order valence-electron chi connectivity index (χ1n) is 5.62. The Morgan fingerprint density at radius 1 is 1.21 bits per heavy atom. The highest BCUT2D eigenvalue weighted by Crippen LogP contribution is 2.30. The Hall–Kier alpha value is -2.01. The van der Waals surface area contributed by atoms with E-state index in [1.807, 2.05) is 31.2 Å². The van der Waals surface area contributed by atoms with Gasteiger partial charge in [0.25, 0.3) is 0 Å². The van der Waals surface area contributed by atoms with Crippen LogP contribution >= 0.6 is 15.9 Å². The molecule has 2 aromatic rings. The lowest BCUT2D eigenvalue weighted by molar-refractivity contribution is 0.318. The van der Waals surface area contributed by atoms with Crippen molar-refractivity contribution in [3.05, 3.63) is 58.1 Å². The lowest BCUT2D eigenvalue weighted by Gasteiger charge is -2.09. The summed E-state index contributed by atoms with van der Waals surface area (Å²) in [5.41, 5.74) is 7.31. The Bertz CT molecular complexity index is 609. The van der Waals surface area contributed by atoms with Crippen molar-refractivity contribution in [3.8, 4) is 11.5 Å². The quantitative estimate of drug-likeness (QED) is 0.392. The SMILES string of the molecule is Cc1ccc(Oc2ccc(/C(N)=N/O)cc2Br)cc1. The Morgan fingerprint density at radius 3 is 2.47 bits per heavy atom. The summed E-state index contributed by atoms with van der Waals surface area (Å²) in [4.78, 5) is 0. The molecule has 0 bridgehead atoms. The third-order valence-electron chi connectivity index (χ3n) is 2.58. The largest absolute Gasteiger partial charge is 0.456 e. The molecule has 0 aliphatic heterocycles. The number of nitrogens with zero attached hydrogens (tertiary/aromatic N) is 1. The lowest BCUT2D eigenvalue weighted by atomic mass is 10.2. The van der Waals surface area contributed by atoms with Crippen molar-refractivity contribution >= 4 is 21.8 Å². The number of amidine groups is 1. The molecule has 2 aromatic carbocycles. The summed E-state index contributed by atoms with van der Waals surface area (Å²) in [6.07, 6.45) is 0. The highest BCUT2D eigenvalue weighted by atomic mass is 79.9. The van der Waals surface area contributed by atoms with Crippen molar-refractivity contribution < 1.29 is 9.94 Å². The molecule has 98 valence electrons. The molecular formula is C14H13BrN2O2. The van der Waals surface area contributed by atoms with Crippen molar-refractivity contribution in [2.75, 3.05) is 0 Å². The maximum atomic E-state index is 8.63. The number of hydrogen-bond acceptors (Lipinski definition) is 3. The van der Waals surface area contributed by atoms with Crippen LogP contribution in [0.25, 0.3) is 0 Å². The lowest BCUT2D eigenvalue weighted by Crippen LogP contribution is -2.12. The van der Waals surface area contributed by atoms with E-state index >= 15 is 0 Å². The summed E-state index contributed by atoms with van der Waals surface area (Å²) in [5, 5.41) is 11.6. The Kier molecular flexibility index (Phi) is 4.06. The van der Waals surface area contributed by atoms with Gasteiger partial charge in [-0.25, -0.2) is 0 Å². The molecule has 0 saturated heterocycles. The van der Waals surface area contributed by atoms with Crippen LogP contribution in [-0.4, -0.2) is 11.0 Å². The van der Waals surface area contributed by atoms with Crippen LogP contribution in [0.1, 0.15) is 11.1 Å². The number of nitrogens with two attached hydrogens (primary N) is 1. The summed E-state index contributed by atoms with van der Waals surface area (Å²) in [5.74, 6) is 1.48. The average Bonchev–Trinajstić information content (AvgIpc) is 2.42. The van der Waals surface area contributed by atoms with E-state index in [2.05, 4.69) is 21.1 Å². The number of oxime groups is 1. The second-order valence-electron chi connectivity index (χ2n) is 4.05. The van der Waals surface area contributed by atoms with Gasteiger partial charge in [-0.2, -0.15) is 0 Å². The first kappa shape index (κ1) is 13.4. The Balaban J connectivity index is 2.24. The molecule has 3 N–H and O–H groups in total. The molecule has 0 aromatic heterocycles. The maximum Gasteiger partial charge on any atom is 0.170 e. The van der Waals surface area contributed by atoms with Gasteiger partial charge in [0.2, 0.25) is 0 Å². The molecular weight excluding hydrogens is 308 g/mol. The molecule has 0 unspecified atom stereocenters. The van der Waals surface area contributed by atoms with Gasteiger partial charge in [0, 0.05) is 5.56 Å². The summed E-state index contributed by atoms with van der Waals surface area (Å²) >= 11 is 3.40. The fourth-order valence-corrected chi connectivity index (χ4v) is 1.99. The first-order valence-corrected chi connectivity index (χ1v) is 6.41. The zero-order valence-electron chi connectivity index (χ0n) is 10.3. The van der Waals surface area contributed by atoms with Crippen LogP contribution < -0.4 is 10.5 Å². The van der Waals surface area contributed by atoms with E-state index in [0.29, 0.717) is 11.3 Å². The third kappa shape index (κ3) is 3.26. The summed E-state index contributed by atoms with van der Waals surface area (Å²) in [7, 11) is 0. The van der Waals surface area contributed by atoms with Crippen LogP contribution in [0, 0.1) is 6.92 Å². The Morgan fingerprint density at radius 2 is 1.89 bits per heavy atom. The molecule has 0 saturated carbocycles. The molecule has 0 radical (unpaired) electrons. The van der Waals surface area contributed by atoms with Crippen LogP contribution in [0.5, 0.6) is 11.5 Å². The minimum absolute atomic E-state index is 0.0579. The molecule has 0 heterocycles. The molecule has 0 aliphatic rings. The van der Waals surface area contributed by atoms with Crippen LogP contribution in [-0.2, 0) is 0 Å². The molecule has 19 heavy (non-hydrogen) atoms. The molecule has 5 heteroatoms. The van der Waals surface area contributed by atoms with E-state index in [1.54, 1.807) is 18.2 Å². The topological polar surface area (TPSA) is 67.8 Å². The first-order chi connectivity index (χ1) is 9.10. The number of halogens is 1. The highest BCUT2D eigenvalue weighted by Gasteiger charge is 2.06. The summed E-state index contributed by atoms with van der Waals surface area (Å²) < 4.78 is 6.48. The minimum atomic E-state index is 0.0579. The average molecular weight is 321 g/mol. The maximum absolute atomic E-state index is 8.63. The smallest absolute Gasteiger partial charge is 0.170 e. The summed E-state index contributed by atoms with van der Waals surface area (Å²) in [6, 6.07) is 13.0. The minimum Gasteiger partial charge on any atom is -0.456 e. The van der Waals surface area contributed by atoms with E-state index in [4.69, 9.17) is 15.7 Å². The number of ether oxygens (including phenoxy) is 1. The number of aryl methyl sites for hydroxylation is 1. The zero-order chi connectivity index (χ0) is 13.8. The van der Waals surface area contributed by atoms with Crippen molar-refractivity contribution in [2.45, 2.75) is 6.92 Å². The van der Waals surface area contributed by atoms with E-state index in [-0.39, 0.29) is 5.84 Å². The van der Waals surface area contributed by atoms with E-state index < -0.39 is 0 Å². The van der Waals surface area contributed by atoms with Crippen LogP contribution in [0.2, 0.25) is 0 Å². The number of rotatable bonds is 3. The second kappa shape index (κ2) is 5.75. The van der Waals surface area contributed by atoms with Gasteiger partial charge in [0.05, 0.1) is 4.47 Å². The molecule has 0 atom stereocenters. The molecule has 0 aliphatic carbocycles. The fraction of sp³-hybridized carbons (Fsp3) is 0.0714. The van der Waals surface area contributed by atoms with Gasteiger partial charge in [-0.15, -0.1) is 0 Å². The van der Waals surface area contributed by atoms with Crippen molar-refractivity contribution in [2.24, 2.45) is 10.9 Å². The van der Waals surface area contributed by atoms with E-state index in [1.165, 1.54) is 5.56 Å². The molecule has 0 amide bonds. The molecule has 2 rings (SSSR count). The van der Waals surface area contributed by atoms with Gasteiger partial charge in [-0.1, -0.05) is 22.9 Å². The van der Waals surface area contributed by atoms with Gasteiger partial charge in [-0.05, 0) is 53.2 Å². The number of hydrogen-bond donors (Lipinski definition) is 2. The third-order valence-corrected chi connectivity index (χ3v) is 3.20. The van der Waals surface area contributed by atoms with Crippen molar-refractivity contribution in [3.63, 3.8) is 0 Å². The standard InChI is InChI=1S/C14H13BrN2O2/c1-9-2-5-11(6-3-9)19-13-7-4-10(8-12(13)15)14(16)17-18/h2-8,18H,1H3,(H2,16,17). The van der Waals surface area contributed by atoms with Gasteiger partial charge in [-0.3, -0.25) is 0 Å². The molecule has 0 fully saturated rings. The fourth-order valence-electron chi connectivity index (χ4n) is 1.53. The predicted molar refractivity (Wildman–Crippen MR) is 77.9 cm³/mol. The highest BCUT2D eigenvalue weighted by molar-refractivity contribution is 9.10. The predicted octanol–water partition coefficient (Wildman–Crippen LogP) is 3.64. The van der Waals surface area contributed by atoms with E-state index in [0.717, 1.165) is 10.2 Å². The molecule has 0 spiro atoms. The monoisotopic (exact) mass is 320 g/mol. The van der Waals surface area contributed by atoms with Crippen molar-refractivity contribution in [1.82, 2.24) is 0 Å². The van der Waals surface area contributed by atoms with Gasteiger partial charge in [0.1, 0.15) is 11.5 Å². The van der Waals surface area contributed by atoms with Crippen molar-refractivity contribution in [1.29, 1.82) is 0 Å². The van der Waals surface area contributed by atoms with Gasteiger partial charge in [0.15, 0.2) is 5.84 Å². The number of benzene rings is 2. The zero-order valence-corrected chi connectivity index (χ0v) is 11.9. The Labute approximate surface area is 119 Å². The van der Waals surface area contributed by atoms with Crippen LogP contribution in [0.4, 0.5) is 0 Å². The van der Waals surface area contributed by atoms with Gasteiger partial charge < -0.3 is 15.7 Å². The molecule has 4 nitrogen and oxygen atoms in total. The normalized spacial score (nSPS) is 11.4. The van der Waals surface area contributed by atoms with E-state index in [9.17, 15) is 0 Å². The van der Waals surface area contributed by atoms with Crippen LogP contribution in [0.3, 0.4) is 0 Å². The van der Waals surface area contributed by atoms with Crippen LogP contribution in [0.15, 0.2) is 52.1 Å². The van der Waals surface area contributed by atoms with Gasteiger partial charge >= 0.3 is 0 Å². The second-order valence-corrected chi connectivity index (χ2v) is 4.90. The summed E-state index contributed by atoms with van der Waals surface area (Å²) in [6.45, 7) is 2.02.